The van der Waals surface area contributed by atoms with Gasteiger partial charge in [-0.1, -0.05) is 29.8 Å². The SMILES string of the molecule is Cc1cc(C)c(-n2c3ccccc3n3c(CO)c(C(F)(F)F)nc23)c(C)c1. The van der Waals surface area contributed by atoms with Gasteiger partial charge in [-0.2, -0.15) is 13.2 Å². The van der Waals surface area contributed by atoms with Crippen LogP contribution in [0.4, 0.5) is 13.2 Å². The molecule has 0 atom stereocenters. The Morgan fingerprint density at radius 2 is 1.59 bits per heavy atom. The molecule has 0 aliphatic carbocycles. The van der Waals surface area contributed by atoms with E-state index in [1.165, 1.54) is 4.40 Å². The van der Waals surface area contributed by atoms with Gasteiger partial charge in [0.15, 0.2) is 5.69 Å². The highest BCUT2D eigenvalue weighted by Crippen LogP contribution is 2.36. The summed E-state index contributed by atoms with van der Waals surface area (Å²) in [6.45, 7) is 5.09. The Hall–Kier alpha value is -2.80. The average Bonchev–Trinajstić information content (AvgIpc) is 3.10. The number of rotatable bonds is 2. The van der Waals surface area contributed by atoms with Gasteiger partial charge >= 0.3 is 6.18 Å². The minimum absolute atomic E-state index is 0.141. The van der Waals surface area contributed by atoms with Gasteiger partial charge in [0.1, 0.15) is 0 Å². The van der Waals surface area contributed by atoms with Gasteiger partial charge in [0, 0.05) is 0 Å². The number of alkyl halides is 3. The number of hydrogen-bond donors (Lipinski definition) is 1. The smallest absolute Gasteiger partial charge is 0.390 e. The predicted octanol–water partition coefficient (Wildman–Crippen LogP) is 4.71. The highest BCUT2D eigenvalue weighted by molar-refractivity contribution is 5.85. The monoisotopic (exact) mass is 373 g/mol. The van der Waals surface area contributed by atoms with Gasteiger partial charge in [-0.3, -0.25) is 8.97 Å². The van der Waals surface area contributed by atoms with Crippen molar-refractivity contribution in [2.45, 2.75) is 33.6 Å². The third-order valence-electron chi connectivity index (χ3n) is 4.80. The second kappa shape index (κ2) is 5.85. The van der Waals surface area contributed by atoms with E-state index in [-0.39, 0.29) is 11.5 Å². The summed E-state index contributed by atoms with van der Waals surface area (Å²) in [6, 6.07) is 11.2. The third-order valence-corrected chi connectivity index (χ3v) is 4.80. The Kier molecular flexibility index (Phi) is 3.82. The summed E-state index contributed by atoms with van der Waals surface area (Å²) in [4.78, 5) is 3.91. The molecule has 7 heteroatoms. The van der Waals surface area contributed by atoms with Crippen LogP contribution >= 0.6 is 0 Å². The number of aliphatic hydroxyl groups excluding tert-OH is 1. The van der Waals surface area contributed by atoms with Crippen molar-refractivity contribution in [1.82, 2.24) is 14.0 Å². The van der Waals surface area contributed by atoms with Crippen molar-refractivity contribution >= 4 is 16.8 Å². The first kappa shape index (κ1) is 17.6. The first-order valence-corrected chi connectivity index (χ1v) is 8.51. The summed E-state index contributed by atoms with van der Waals surface area (Å²) in [5, 5.41) is 9.68. The van der Waals surface area contributed by atoms with Crippen LogP contribution in [-0.4, -0.2) is 19.1 Å². The Labute approximate surface area is 153 Å². The topological polar surface area (TPSA) is 42.5 Å². The number of nitrogens with zero attached hydrogens (tertiary/aromatic N) is 3. The first-order valence-electron chi connectivity index (χ1n) is 8.51. The molecule has 0 amide bonds. The molecule has 0 spiro atoms. The molecule has 2 aromatic carbocycles. The van der Waals surface area contributed by atoms with Crippen LogP contribution in [0.2, 0.25) is 0 Å². The Morgan fingerprint density at radius 3 is 2.15 bits per heavy atom. The van der Waals surface area contributed by atoms with Crippen molar-refractivity contribution in [2.75, 3.05) is 0 Å². The molecule has 0 unspecified atom stereocenters. The number of benzene rings is 2. The number of fused-ring (bicyclic) bond motifs is 3. The largest absolute Gasteiger partial charge is 0.435 e. The van der Waals surface area contributed by atoms with Gasteiger partial charge in [0.05, 0.1) is 29.0 Å². The molecule has 2 heterocycles. The molecule has 0 bridgehead atoms. The quantitative estimate of drug-likeness (QED) is 0.553. The Morgan fingerprint density at radius 1 is 1.00 bits per heavy atom. The molecular formula is C20H18F3N3O. The lowest BCUT2D eigenvalue weighted by atomic mass is 10.0. The zero-order chi connectivity index (χ0) is 19.5. The van der Waals surface area contributed by atoms with Crippen LogP contribution < -0.4 is 0 Å². The van der Waals surface area contributed by atoms with E-state index in [9.17, 15) is 18.3 Å². The number of aryl methyl sites for hydroxylation is 3. The molecule has 4 aromatic rings. The number of aliphatic hydroxyl groups is 1. The fraction of sp³-hybridized carbons (Fsp3) is 0.250. The highest BCUT2D eigenvalue weighted by atomic mass is 19.4. The molecule has 2 aromatic heterocycles. The van der Waals surface area contributed by atoms with Gasteiger partial charge in [-0.25, -0.2) is 4.98 Å². The molecule has 0 saturated heterocycles. The molecule has 140 valence electrons. The molecule has 1 N–H and O–H groups in total. The molecular weight excluding hydrogens is 355 g/mol. The summed E-state index contributed by atoms with van der Waals surface area (Å²) in [6.07, 6.45) is -4.65. The second-order valence-corrected chi connectivity index (χ2v) is 6.77. The summed E-state index contributed by atoms with van der Waals surface area (Å²) in [7, 11) is 0. The van der Waals surface area contributed by atoms with E-state index in [0.29, 0.717) is 5.52 Å². The lowest BCUT2D eigenvalue weighted by Crippen LogP contribution is -2.10. The van der Waals surface area contributed by atoms with Crippen LogP contribution in [0.3, 0.4) is 0 Å². The van der Waals surface area contributed by atoms with Crippen molar-refractivity contribution in [3.63, 3.8) is 0 Å². The average molecular weight is 373 g/mol. The molecule has 0 fully saturated rings. The lowest BCUT2D eigenvalue weighted by molar-refractivity contribution is -0.142. The van der Waals surface area contributed by atoms with Crippen molar-refractivity contribution in [3.05, 3.63) is 64.5 Å². The maximum atomic E-state index is 13.5. The number of aromatic nitrogens is 3. The van der Waals surface area contributed by atoms with E-state index in [2.05, 4.69) is 4.98 Å². The molecule has 0 aliphatic heterocycles. The van der Waals surface area contributed by atoms with Gasteiger partial charge in [0.25, 0.3) is 0 Å². The maximum absolute atomic E-state index is 13.5. The van der Waals surface area contributed by atoms with Crippen molar-refractivity contribution in [1.29, 1.82) is 0 Å². The van der Waals surface area contributed by atoms with Crippen molar-refractivity contribution in [3.8, 4) is 5.69 Å². The summed E-state index contributed by atoms with van der Waals surface area (Å²) in [5.41, 5.74) is 3.76. The van der Waals surface area contributed by atoms with Crippen molar-refractivity contribution < 1.29 is 18.3 Å². The third kappa shape index (κ3) is 2.53. The fourth-order valence-corrected chi connectivity index (χ4v) is 3.91. The Balaban J connectivity index is 2.23. The fourth-order valence-electron chi connectivity index (χ4n) is 3.91. The van der Waals surface area contributed by atoms with Gasteiger partial charge in [0.2, 0.25) is 5.78 Å². The zero-order valence-electron chi connectivity index (χ0n) is 15.1. The number of halogens is 3. The van der Waals surface area contributed by atoms with E-state index >= 15 is 0 Å². The number of para-hydroxylation sites is 2. The maximum Gasteiger partial charge on any atom is 0.435 e. The minimum atomic E-state index is -4.65. The molecule has 4 rings (SSSR count). The minimum Gasteiger partial charge on any atom is -0.390 e. The van der Waals surface area contributed by atoms with E-state index in [1.807, 2.05) is 45.0 Å². The van der Waals surface area contributed by atoms with Crippen LogP contribution in [0.15, 0.2) is 36.4 Å². The second-order valence-electron chi connectivity index (χ2n) is 6.77. The molecule has 0 radical (unpaired) electrons. The molecule has 0 aliphatic rings. The van der Waals surface area contributed by atoms with Crippen LogP contribution in [0, 0.1) is 20.8 Å². The van der Waals surface area contributed by atoms with Gasteiger partial charge in [-0.15, -0.1) is 0 Å². The Bertz CT molecular complexity index is 1160. The van der Waals surface area contributed by atoms with E-state index in [4.69, 9.17) is 0 Å². The van der Waals surface area contributed by atoms with E-state index < -0.39 is 18.5 Å². The number of hydrogen-bond acceptors (Lipinski definition) is 2. The van der Waals surface area contributed by atoms with Crippen LogP contribution in [0.25, 0.3) is 22.5 Å². The molecule has 27 heavy (non-hydrogen) atoms. The predicted molar refractivity (Wildman–Crippen MR) is 97.2 cm³/mol. The lowest BCUT2D eigenvalue weighted by Gasteiger charge is -2.14. The van der Waals surface area contributed by atoms with Crippen LogP contribution in [0.1, 0.15) is 28.1 Å². The van der Waals surface area contributed by atoms with Gasteiger partial charge < -0.3 is 5.11 Å². The van der Waals surface area contributed by atoms with E-state index in [1.54, 1.807) is 16.7 Å². The van der Waals surface area contributed by atoms with Crippen LogP contribution in [-0.2, 0) is 12.8 Å². The van der Waals surface area contributed by atoms with Crippen LogP contribution in [0.5, 0.6) is 0 Å². The standard InChI is InChI=1S/C20H18F3N3O/c1-11-8-12(2)17(13(3)9-11)26-15-7-5-4-6-14(15)25-16(10-27)18(20(21,22)23)24-19(25)26/h4-9,27H,10H2,1-3H3. The molecule has 4 nitrogen and oxygen atoms in total. The normalized spacial score (nSPS) is 12.4. The van der Waals surface area contributed by atoms with Crippen molar-refractivity contribution in [2.24, 2.45) is 0 Å². The van der Waals surface area contributed by atoms with E-state index in [0.717, 1.165) is 27.9 Å². The summed E-state index contributed by atoms with van der Waals surface area (Å²) in [5.74, 6) is 0.141. The summed E-state index contributed by atoms with van der Waals surface area (Å²) >= 11 is 0. The first-order chi connectivity index (χ1) is 12.7. The highest BCUT2D eigenvalue weighted by Gasteiger charge is 2.39. The summed E-state index contributed by atoms with van der Waals surface area (Å²) < 4.78 is 43.6. The zero-order valence-corrected chi connectivity index (χ0v) is 15.1. The molecule has 0 saturated carbocycles. The number of imidazole rings is 2. The van der Waals surface area contributed by atoms with Gasteiger partial charge in [-0.05, 0) is 44.0 Å².